The molecule has 11 heavy (non-hydrogen) atoms. The van der Waals surface area contributed by atoms with Crippen LogP contribution in [-0.4, -0.2) is 12.7 Å². The van der Waals surface area contributed by atoms with Crippen LogP contribution in [-0.2, 0) is 0 Å². The van der Waals surface area contributed by atoms with Gasteiger partial charge in [-0.25, -0.2) is 4.39 Å². The van der Waals surface area contributed by atoms with Crippen LogP contribution in [0.15, 0.2) is 18.2 Å². The lowest BCUT2D eigenvalue weighted by Gasteiger charge is -2.04. The summed E-state index contributed by atoms with van der Waals surface area (Å²) in [5, 5.41) is 8.27. The Hall–Kier alpha value is -1.03. The predicted octanol–water partition coefficient (Wildman–Crippen LogP) is 1.04. The van der Waals surface area contributed by atoms with E-state index >= 15 is 0 Å². The summed E-state index contributed by atoms with van der Waals surface area (Å²) >= 11 is 0. The van der Waals surface area contributed by atoms with Crippen LogP contribution in [0.5, 0.6) is 5.75 Å². The number of benzene rings is 1. The van der Waals surface area contributed by atoms with E-state index in [1.165, 1.54) is 12.1 Å². The molecule has 0 fully saturated rings. The molecule has 57 valence electrons. The smallest absolute Gasteiger partial charge is 0.537 e. The van der Waals surface area contributed by atoms with Gasteiger partial charge < -0.3 is 9.68 Å². The van der Waals surface area contributed by atoms with Crippen LogP contribution >= 0.6 is 0 Å². The van der Waals surface area contributed by atoms with Crippen LogP contribution in [0.25, 0.3) is 0 Å². The number of hydrogen-bond donors (Lipinski definition) is 1. The fourth-order valence-corrected chi connectivity index (χ4v) is 0.758. The van der Waals surface area contributed by atoms with Crippen molar-refractivity contribution >= 4 is 7.69 Å². The first-order valence-corrected chi connectivity index (χ1v) is 3.13. The van der Waals surface area contributed by atoms with Gasteiger partial charge in [0.15, 0.2) is 0 Å². The van der Waals surface area contributed by atoms with E-state index in [1.54, 1.807) is 13.0 Å². The molecule has 0 aromatic heterocycles. The van der Waals surface area contributed by atoms with Crippen molar-refractivity contribution < 1.29 is 14.1 Å². The van der Waals surface area contributed by atoms with Crippen LogP contribution in [0.4, 0.5) is 4.39 Å². The molecule has 1 aromatic carbocycles. The van der Waals surface area contributed by atoms with Crippen LogP contribution in [0.3, 0.4) is 0 Å². The molecule has 0 bridgehead atoms. The van der Waals surface area contributed by atoms with Gasteiger partial charge >= 0.3 is 7.69 Å². The molecule has 4 heteroatoms. The van der Waals surface area contributed by atoms with E-state index in [1.807, 2.05) is 0 Å². The summed E-state index contributed by atoms with van der Waals surface area (Å²) < 4.78 is 17.1. The number of aryl methyl sites for hydroxylation is 1. The van der Waals surface area contributed by atoms with E-state index in [0.29, 0.717) is 13.4 Å². The quantitative estimate of drug-likeness (QED) is 0.643. The zero-order chi connectivity index (χ0) is 8.27. The van der Waals surface area contributed by atoms with Gasteiger partial charge in [-0.3, -0.25) is 0 Å². The largest absolute Gasteiger partial charge is 0.569 e. The molecule has 0 amide bonds. The Morgan fingerprint density at radius 1 is 1.55 bits per heavy atom. The van der Waals surface area contributed by atoms with Crippen molar-refractivity contribution in [3.63, 3.8) is 0 Å². The summed E-state index contributed by atoms with van der Waals surface area (Å²) in [4.78, 5) is 0. The highest BCUT2D eigenvalue weighted by molar-refractivity contribution is 6.17. The van der Waals surface area contributed by atoms with Crippen molar-refractivity contribution in [1.29, 1.82) is 0 Å². The molecule has 0 saturated heterocycles. The van der Waals surface area contributed by atoms with Crippen molar-refractivity contribution in [2.24, 2.45) is 0 Å². The third kappa shape index (κ3) is 1.95. The Morgan fingerprint density at radius 2 is 2.27 bits per heavy atom. The third-order valence-corrected chi connectivity index (χ3v) is 1.33. The topological polar surface area (TPSA) is 29.5 Å². The van der Waals surface area contributed by atoms with Gasteiger partial charge in [0.05, 0.1) is 0 Å². The molecule has 0 aliphatic carbocycles. The average molecular weight is 153 g/mol. The highest BCUT2D eigenvalue weighted by Gasteiger charge is 2.00. The normalized spacial score (nSPS) is 9.36. The molecule has 0 atom stereocenters. The summed E-state index contributed by atoms with van der Waals surface area (Å²) in [5.74, 6) is -0.0556. The van der Waals surface area contributed by atoms with Crippen LogP contribution < -0.4 is 4.65 Å². The van der Waals surface area contributed by atoms with Crippen molar-refractivity contribution in [1.82, 2.24) is 0 Å². The predicted molar refractivity (Wildman–Crippen MR) is 39.7 cm³/mol. The zero-order valence-corrected chi connectivity index (χ0v) is 6.04. The van der Waals surface area contributed by atoms with E-state index in [0.717, 1.165) is 5.56 Å². The molecule has 0 spiro atoms. The lowest BCUT2D eigenvalue weighted by Crippen LogP contribution is -2.01. The minimum absolute atomic E-state index is 0.326. The zero-order valence-electron chi connectivity index (χ0n) is 6.04. The first-order valence-electron chi connectivity index (χ1n) is 3.13. The Kier molecular flexibility index (Phi) is 2.49. The van der Waals surface area contributed by atoms with Gasteiger partial charge in [-0.15, -0.1) is 0 Å². The molecule has 0 aliphatic rings. The maximum atomic E-state index is 12.5. The Balaban J connectivity index is 2.93. The van der Waals surface area contributed by atoms with E-state index in [4.69, 9.17) is 5.02 Å². The lowest BCUT2D eigenvalue weighted by atomic mass is 10.2. The summed E-state index contributed by atoms with van der Waals surface area (Å²) in [7, 11) is 0.530. The Morgan fingerprint density at radius 3 is 2.91 bits per heavy atom. The molecule has 1 radical (unpaired) electrons. The van der Waals surface area contributed by atoms with E-state index in [9.17, 15) is 4.39 Å². The molecule has 2 nitrogen and oxygen atoms in total. The molecular weight excluding hydrogens is 146 g/mol. The number of hydrogen-bond acceptors (Lipinski definition) is 2. The van der Waals surface area contributed by atoms with Gasteiger partial charge in [0.1, 0.15) is 11.6 Å². The monoisotopic (exact) mass is 153 g/mol. The first kappa shape index (κ1) is 8.08. The summed E-state index contributed by atoms with van der Waals surface area (Å²) in [6, 6.07) is 4.12. The Bertz CT molecular complexity index is 252. The Labute approximate surface area is 64.9 Å². The molecule has 1 N–H and O–H groups in total. The van der Waals surface area contributed by atoms with Gasteiger partial charge in [-0.1, -0.05) is 6.07 Å². The van der Waals surface area contributed by atoms with E-state index < -0.39 is 0 Å². The molecule has 0 aliphatic heterocycles. The minimum atomic E-state index is -0.382. The molecule has 0 unspecified atom stereocenters. The van der Waals surface area contributed by atoms with Gasteiger partial charge in [0.25, 0.3) is 0 Å². The summed E-state index contributed by atoms with van der Waals surface area (Å²) in [5.41, 5.74) is 0.775. The third-order valence-electron chi connectivity index (χ3n) is 1.33. The fourth-order valence-electron chi connectivity index (χ4n) is 0.758. The van der Waals surface area contributed by atoms with Crippen molar-refractivity contribution in [3.05, 3.63) is 29.6 Å². The van der Waals surface area contributed by atoms with Crippen molar-refractivity contribution in [3.8, 4) is 5.75 Å². The van der Waals surface area contributed by atoms with Crippen molar-refractivity contribution in [2.75, 3.05) is 0 Å². The standard InChI is InChI=1S/C7H7BFO2/c1-5-2-3-6(9)4-7(5)11-8-10/h2-4,10H,1H3. The second-order valence-electron chi connectivity index (χ2n) is 2.13. The maximum Gasteiger partial charge on any atom is 0.569 e. The van der Waals surface area contributed by atoms with Gasteiger partial charge in [0, 0.05) is 6.07 Å². The summed E-state index contributed by atoms with van der Waals surface area (Å²) in [6.45, 7) is 1.76. The molecule has 1 aromatic rings. The maximum absolute atomic E-state index is 12.5. The van der Waals surface area contributed by atoms with Crippen LogP contribution in [0.1, 0.15) is 5.56 Å². The van der Waals surface area contributed by atoms with Crippen molar-refractivity contribution in [2.45, 2.75) is 6.92 Å². The highest BCUT2D eigenvalue weighted by Crippen LogP contribution is 2.17. The number of halogens is 1. The SMILES string of the molecule is Cc1ccc(F)cc1O[B]O. The van der Waals surface area contributed by atoms with E-state index in [2.05, 4.69) is 4.65 Å². The highest BCUT2D eigenvalue weighted by atomic mass is 19.1. The van der Waals surface area contributed by atoms with Gasteiger partial charge in [-0.05, 0) is 18.6 Å². The number of rotatable bonds is 2. The lowest BCUT2D eigenvalue weighted by molar-refractivity contribution is 0.449. The molecule has 0 saturated carbocycles. The van der Waals surface area contributed by atoms with Gasteiger partial charge in [-0.2, -0.15) is 0 Å². The van der Waals surface area contributed by atoms with Crippen LogP contribution in [0.2, 0.25) is 0 Å². The fraction of sp³-hybridized carbons (Fsp3) is 0.143. The van der Waals surface area contributed by atoms with E-state index in [-0.39, 0.29) is 5.82 Å². The second-order valence-corrected chi connectivity index (χ2v) is 2.13. The minimum Gasteiger partial charge on any atom is -0.537 e. The molecule has 0 heterocycles. The molecule has 1 rings (SSSR count). The van der Waals surface area contributed by atoms with Gasteiger partial charge in [0.2, 0.25) is 0 Å². The van der Waals surface area contributed by atoms with Crippen LogP contribution in [0, 0.1) is 12.7 Å². The summed E-state index contributed by atoms with van der Waals surface area (Å²) in [6.07, 6.45) is 0. The first-order chi connectivity index (χ1) is 5.24. The molecular formula is C7H7BFO2. The average Bonchev–Trinajstić information content (AvgIpc) is 1.98. The second kappa shape index (κ2) is 3.39.